The van der Waals surface area contributed by atoms with Gasteiger partial charge in [0.1, 0.15) is 0 Å². The van der Waals surface area contributed by atoms with Gasteiger partial charge in [0, 0.05) is 31.7 Å². The SMILES string of the molecule is Cc1noc(N2CCCC(N3CCC([C@@H]4CCCN4C(=O)O)CC3)CC2)n1. The van der Waals surface area contributed by atoms with Gasteiger partial charge in [0.25, 0.3) is 0 Å². The number of piperidine rings is 1. The highest BCUT2D eigenvalue weighted by Crippen LogP contribution is 2.33. The van der Waals surface area contributed by atoms with Crippen molar-refractivity contribution in [1.82, 2.24) is 19.9 Å². The van der Waals surface area contributed by atoms with E-state index < -0.39 is 6.09 Å². The molecule has 1 unspecified atom stereocenters. The molecule has 1 aromatic heterocycles. The second-order valence-electron chi connectivity index (χ2n) is 8.25. The molecular weight excluding hydrogens is 346 g/mol. The molecule has 0 aromatic carbocycles. The molecule has 4 rings (SSSR count). The van der Waals surface area contributed by atoms with Crippen LogP contribution in [0.3, 0.4) is 0 Å². The van der Waals surface area contributed by atoms with E-state index in [4.69, 9.17) is 4.52 Å². The molecule has 0 radical (unpaired) electrons. The van der Waals surface area contributed by atoms with Crippen LogP contribution in [0.1, 0.15) is 50.8 Å². The third kappa shape index (κ3) is 4.05. The lowest BCUT2D eigenvalue weighted by Crippen LogP contribution is -2.47. The standard InChI is InChI=1S/C19H31N5O3/c1-14-20-18(27-21-14)23-9-2-4-16(8-13-23)22-11-6-15(7-12-22)17-5-3-10-24(17)19(25)26/h15-17H,2-13H2,1H3,(H,25,26)/t16?,17-/m0/s1. The Labute approximate surface area is 160 Å². The Hall–Kier alpha value is -1.83. The molecule has 1 N–H and O–H groups in total. The van der Waals surface area contributed by atoms with Crippen molar-refractivity contribution in [1.29, 1.82) is 0 Å². The van der Waals surface area contributed by atoms with E-state index in [1.165, 1.54) is 6.42 Å². The van der Waals surface area contributed by atoms with Gasteiger partial charge in [0.2, 0.25) is 0 Å². The molecule has 3 aliphatic heterocycles. The molecule has 3 saturated heterocycles. The van der Waals surface area contributed by atoms with E-state index in [1.54, 1.807) is 4.90 Å². The lowest BCUT2D eigenvalue weighted by Gasteiger charge is -2.40. The number of hydrogen-bond donors (Lipinski definition) is 1. The molecule has 3 fully saturated rings. The molecular formula is C19H31N5O3. The fourth-order valence-corrected chi connectivity index (χ4v) is 5.24. The van der Waals surface area contributed by atoms with Crippen LogP contribution in [-0.2, 0) is 0 Å². The lowest BCUT2D eigenvalue weighted by atomic mass is 9.87. The molecule has 4 heterocycles. The Morgan fingerprint density at radius 2 is 1.81 bits per heavy atom. The van der Waals surface area contributed by atoms with Gasteiger partial charge in [-0.15, -0.1) is 0 Å². The predicted molar refractivity (Wildman–Crippen MR) is 101 cm³/mol. The fraction of sp³-hybridized carbons (Fsp3) is 0.842. The maximum Gasteiger partial charge on any atom is 0.407 e. The summed E-state index contributed by atoms with van der Waals surface area (Å²) in [5.41, 5.74) is 0. The second-order valence-corrected chi connectivity index (χ2v) is 8.25. The molecule has 1 amide bonds. The Balaban J connectivity index is 1.29. The topological polar surface area (TPSA) is 85.9 Å². The van der Waals surface area contributed by atoms with E-state index in [-0.39, 0.29) is 6.04 Å². The van der Waals surface area contributed by atoms with Gasteiger partial charge in [0.05, 0.1) is 0 Å². The molecule has 3 aliphatic rings. The van der Waals surface area contributed by atoms with Crippen molar-refractivity contribution in [3.8, 4) is 0 Å². The Morgan fingerprint density at radius 1 is 1.04 bits per heavy atom. The number of carboxylic acid groups (broad SMARTS) is 1. The van der Waals surface area contributed by atoms with Crippen LogP contribution in [0.4, 0.5) is 10.8 Å². The number of anilines is 1. The highest BCUT2D eigenvalue weighted by molar-refractivity contribution is 5.65. The van der Waals surface area contributed by atoms with Crippen LogP contribution in [0.2, 0.25) is 0 Å². The molecule has 2 atom stereocenters. The lowest BCUT2D eigenvalue weighted by molar-refractivity contribution is 0.0776. The van der Waals surface area contributed by atoms with Crippen LogP contribution in [0.5, 0.6) is 0 Å². The Morgan fingerprint density at radius 3 is 2.52 bits per heavy atom. The van der Waals surface area contributed by atoms with Gasteiger partial charge >= 0.3 is 12.1 Å². The molecule has 8 nitrogen and oxygen atoms in total. The zero-order valence-electron chi connectivity index (χ0n) is 16.2. The largest absolute Gasteiger partial charge is 0.465 e. The monoisotopic (exact) mass is 377 g/mol. The van der Waals surface area contributed by atoms with Gasteiger partial charge in [-0.1, -0.05) is 5.16 Å². The van der Waals surface area contributed by atoms with Crippen LogP contribution in [0.15, 0.2) is 4.52 Å². The number of nitrogens with zero attached hydrogens (tertiary/aromatic N) is 5. The number of likely N-dealkylation sites (tertiary alicyclic amines) is 2. The first-order valence-electron chi connectivity index (χ1n) is 10.4. The van der Waals surface area contributed by atoms with Crippen LogP contribution < -0.4 is 4.90 Å². The number of hydrogen-bond acceptors (Lipinski definition) is 6. The molecule has 27 heavy (non-hydrogen) atoms. The summed E-state index contributed by atoms with van der Waals surface area (Å²) < 4.78 is 5.34. The van der Waals surface area contributed by atoms with Crippen LogP contribution in [0.25, 0.3) is 0 Å². The van der Waals surface area contributed by atoms with Crippen molar-refractivity contribution < 1.29 is 14.4 Å². The van der Waals surface area contributed by atoms with Crippen molar-refractivity contribution in [3.05, 3.63) is 5.82 Å². The zero-order valence-corrected chi connectivity index (χ0v) is 16.2. The third-order valence-electron chi connectivity index (χ3n) is 6.66. The van der Waals surface area contributed by atoms with Crippen molar-refractivity contribution in [3.63, 3.8) is 0 Å². The van der Waals surface area contributed by atoms with Gasteiger partial charge in [-0.05, 0) is 70.9 Å². The first kappa shape index (κ1) is 18.5. The average Bonchev–Trinajstić information content (AvgIpc) is 3.26. The summed E-state index contributed by atoms with van der Waals surface area (Å²) in [6.07, 6.45) is 7.04. The third-order valence-corrected chi connectivity index (χ3v) is 6.66. The minimum Gasteiger partial charge on any atom is -0.465 e. The molecule has 150 valence electrons. The Bertz CT molecular complexity index is 643. The normalized spacial score (nSPS) is 28.5. The van der Waals surface area contributed by atoms with Crippen LogP contribution in [-0.4, -0.2) is 75.9 Å². The minimum atomic E-state index is -0.736. The summed E-state index contributed by atoms with van der Waals surface area (Å²) in [6.45, 7) is 6.70. The number of aromatic nitrogens is 2. The van der Waals surface area contributed by atoms with Gasteiger partial charge < -0.3 is 24.3 Å². The predicted octanol–water partition coefficient (Wildman–Crippen LogP) is 2.59. The maximum atomic E-state index is 11.4. The van der Waals surface area contributed by atoms with Crippen LogP contribution >= 0.6 is 0 Å². The molecule has 8 heteroatoms. The molecule has 0 bridgehead atoms. The Kier molecular flexibility index (Phi) is 5.52. The zero-order chi connectivity index (χ0) is 18.8. The summed E-state index contributed by atoms with van der Waals surface area (Å²) in [4.78, 5) is 22.4. The number of carbonyl (C=O) groups is 1. The van der Waals surface area contributed by atoms with Crippen molar-refractivity contribution >= 4 is 12.1 Å². The molecule has 0 spiro atoms. The maximum absolute atomic E-state index is 11.4. The van der Waals surface area contributed by atoms with Gasteiger partial charge in [-0.2, -0.15) is 4.98 Å². The number of aryl methyl sites for hydroxylation is 1. The number of amides is 1. The first-order chi connectivity index (χ1) is 13.1. The summed E-state index contributed by atoms with van der Waals surface area (Å²) >= 11 is 0. The summed E-state index contributed by atoms with van der Waals surface area (Å²) in [6, 6.07) is 1.51. The van der Waals surface area contributed by atoms with E-state index in [1.807, 2.05) is 6.92 Å². The summed E-state index contributed by atoms with van der Waals surface area (Å²) in [5, 5.41) is 13.3. The van der Waals surface area contributed by atoms with E-state index >= 15 is 0 Å². The minimum absolute atomic E-state index is 0.245. The number of rotatable bonds is 3. The average molecular weight is 377 g/mol. The first-order valence-corrected chi connectivity index (χ1v) is 10.4. The van der Waals surface area contributed by atoms with Gasteiger partial charge in [0.15, 0.2) is 5.82 Å². The van der Waals surface area contributed by atoms with Crippen molar-refractivity contribution in [2.45, 2.75) is 64.0 Å². The summed E-state index contributed by atoms with van der Waals surface area (Å²) in [7, 11) is 0. The summed E-state index contributed by atoms with van der Waals surface area (Å²) in [5.74, 6) is 1.22. The molecule has 0 aliphatic carbocycles. The molecule has 0 saturated carbocycles. The van der Waals surface area contributed by atoms with E-state index in [0.717, 1.165) is 64.7 Å². The second kappa shape index (κ2) is 8.04. The quantitative estimate of drug-likeness (QED) is 0.866. The van der Waals surface area contributed by atoms with E-state index in [0.29, 0.717) is 30.3 Å². The van der Waals surface area contributed by atoms with Crippen LogP contribution in [0, 0.1) is 12.8 Å². The van der Waals surface area contributed by atoms with E-state index in [9.17, 15) is 9.90 Å². The van der Waals surface area contributed by atoms with E-state index in [2.05, 4.69) is 19.9 Å². The van der Waals surface area contributed by atoms with Gasteiger partial charge in [-0.25, -0.2) is 4.79 Å². The highest BCUT2D eigenvalue weighted by Gasteiger charge is 2.37. The van der Waals surface area contributed by atoms with Crippen molar-refractivity contribution in [2.24, 2.45) is 5.92 Å². The van der Waals surface area contributed by atoms with Crippen molar-refractivity contribution in [2.75, 3.05) is 37.6 Å². The highest BCUT2D eigenvalue weighted by atomic mass is 16.5. The fourth-order valence-electron chi connectivity index (χ4n) is 5.24. The smallest absolute Gasteiger partial charge is 0.407 e. The molecule has 1 aromatic rings. The van der Waals surface area contributed by atoms with Gasteiger partial charge in [-0.3, -0.25) is 0 Å².